The number of rotatable bonds is 1. The van der Waals surface area contributed by atoms with Crippen LogP contribution in [0.25, 0.3) is 0 Å². The molecule has 0 unspecified atom stereocenters. The summed E-state index contributed by atoms with van der Waals surface area (Å²) in [5, 5.41) is 19.2. The van der Waals surface area contributed by atoms with E-state index in [0.29, 0.717) is 5.02 Å². The summed E-state index contributed by atoms with van der Waals surface area (Å²) >= 11 is 22.0. The second-order valence-corrected chi connectivity index (χ2v) is 7.33. The van der Waals surface area contributed by atoms with Crippen LogP contribution in [-0.4, -0.2) is 9.14 Å². The SMILES string of the molecule is N#CC(Br)(Br)C(N)=O.[Na+].[O-]c1ccc(Cl)c(Cl)c1Cl. The van der Waals surface area contributed by atoms with Gasteiger partial charge in [0.2, 0.25) is 3.23 Å². The molecular formula is C9H4Br2Cl3N2NaO2. The summed E-state index contributed by atoms with van der Waals surface area (Å²) in [6.45, 7) is 0. The number of benzene rings is 1. The predicted molar refractivity (Wildman–Crippen MR) is 76.3 cm³/mol. The maximum absolute atomic E-state index is 10.7. The summed E-state index contributed by atoms with van der Waals surface area (Å²) in [5.41, 5.74) is 4.73. The van der Waals surface area contributed by atoms with Gasteiger partial charge in [0, 0.05) is 0 Å². The molecular weight excluding hydrogens is 457 g/mol. The Morgan fingerprint density at radius 1 is 1.32 bits per heavy atom. The van der Waals surface area contributed by atoms with Crippen LogP contribution >= 0.6 is 66.7 Å². The van der Waals surface area contributed by atoms with Crippen LogP contribution in [0.4, 0.5) is 0 Å². The Morgan fingerprint density at radius 2 is 1.79 bits per heavy atom. The largest absolute Gasteiger partial charge is 1.00 e. The number of carbonyl (C=O) groups excluding carboxylic acids is 1. The fourth-order valence-electron chi connectivity index (χ4n) is 0.563. The van der Waals surface area contributed by atoms with Crippen LogP contribution in [0.5, 0.6) is 5.75 Å². The van der Waals surface area contributed by atoms with Crippen LogP contribution in [0.15, 0.2) is 12.1 Å². The Kier molecular flexibility index (Phi) is 11.3. The molecule has 10 heteroatoms. The molecule has 0 aromatic heterocycles. The first-order valence-electron chi connectivity index (χ1n) is 4.03. The van der Waals surface area contributed by atoms with Crippen molar-refractivity contribution in [2.45, 2.75) is 3.23 Å². The van der Waals surface area contributed by atoms with E-state index in [1.54, 1.807) is 6.07 Å². The van der Waals surface area contributed by atoms with Crippen molar-refractivity contribution in [3.05, 3.63) is 27.2 Å². The van der Waals surface area contributed by atoms with Crippen LogP contribution in [-0.2, 0) is 4.79 Å². The Bertz CT molecular complexity index is 482. The number of alkyl halides is 2. The number of carbonyl (C=O) groups is 1. The number of nitrogens with zero attached hydrogens (tertiary/aromatic N) is 1. The summed E-state index contributed by atoms with van der Waals surface area (Å²) in [6.07, 6.45) is 0. The van der Waals surface area contributed by atoms with Gasteiger partial charge in [-0.2, -0.15) is 5.26 Å². The van der Waals surface area contributed by atoms with Crippen LogP contribution in [0.2, 0.25) is 15.1 Å². The van der Waals surface area contributed by atoms with Gasteiger partial charge in [-0.15, -0.1) is 0 Å². The summed E-state index contributed by atoms with van der Waals surface area (Å²) in [5.74, 6) is -1.06. The number of hydrogen-bond acceptors (Lipinski definition) is 3. The Morgan fingerprint density at radius 3 is 2.05 bits per heavy atom. The van der Waals surface area contributed by atoms with E-state index in [0.717, 1.165) is 0 Å². The van der Waals surface area contributed by atoms with Crippen LogP contribution in [0, 0.1) is 11.3 Å². The van der Waals surface area contributed by atoms with Crippen LogP contribution in [0.1, 0.15) is 0 Å². The van der Waals surface area contributed by atoms with Crippen molar-refractivity contribution in [2.24, 2.45) is 5.73 Å². The molecule has 1 aromatic carbocycles. The normalized spacial score (nSPS) is 9.47. The third kappa shape index (κ3) is 7.39. The second kappa shape index (κ2) is 9.69. The first-order chi connectivity index (χ1) is 8.13. The molecule has 19 heavy (non-hydrogen) atoms. The molecule has 1 rings (SSSR count). The quantitative estimate of drug-likeness (QED) is 0.368. The fraction of sp³-hybridized carbons (Fsp3) is 0.111. The summed E-state index contributed by atoms with van der Waals surface area (Å²) < 4.78 is -1.39. The summed E-state index contributed by atoms with van der Waals surface area (Å²) in [7, 11) is 0. The Labute approximate surface area is 163 Å². The monoisotopic (exact) mass is 458 g/mol. The molecule has 1 amide bonds. The average Bonchev–Trinajstić information content (AvgIpc) is 2.32. The van der Waals surface area contributed by atoms with E-state index in [2.05, 4.69) is 31.9 Å². The number of primary amides is 1. The van der Waals surface area contributed by atoms with Gasteiger partial charge in [0.15, 0.2) is 0 Å². The van der Waals surface area contributed by atoms with Crippen LogP contribution < -0.4 is 40.4 Å². The van der Waals surface area contributed by atoms with Crippen molar-refractivity contribution in [3.63, 3.8) is 0 Å². The molecule has 0 fully saturated rings. The number of amides is 1. The molecule has 0 saturated carbocycles. The average molecular weight is 461 g/mol. The Hall–Kier alpha value is 0.810. The first-order valence-corrected chi connectivity index (χ1v) is 6.75. The van der Waals surface area contributed by atoms with Crippen molar-refractivity contribution in [1.82, 2.24) is 0 Å². The zero-order valence-electron chi connectivity index (χ0n) is 9.39. The Balaban J connectivity index is 0. The van der Waals surface area contributed by atoms with Gasteiger partial charge in [0.25, 0.3) is 5.91 Å². The summed E-state index contributed by atoms with van der Waals surface area (Å²) in [4.78, 5) is 10.2. The maximum Gasteiger partial charge on any atom is 1.00 e. The van der Waals surface area contributed by atoms with Gasteiger partial charge in [0.05, 0.1) is 15.1 Å². The molecule has 1 aromatic rings. The van der Waals surface area contributed by atoms with Crippen molar-refractivity contribution < 1.29 is 39.5 Å². The molecule has 0 radical (unpaired) electrons. The number of hydrogen-bond donors (Lipinski definition) is 1. The van der Waals surface area contributed by atoms with Gasteiger partial charge >= 0.3 is 29.6 Å². The third-order valence-electron chi connectivity index (χ3n) is 1.45. The number of nitrogens with two attached hydrogens (primary N) is 1. The fourth-order valence-corrected chi connectivity index (χ4v) is 1.09. The number of halogens is 5. The summed E-state index contributed by atoms with van der Waals surface area (Å²) in [6, 6.07) is 4.29. The van der Waals surface area contributed by atoms with Gasteiger partial charge in [-0.25, -0.2) is 0 Å². The smallest absolute Gasteiger partial charge is 0.871 e. The van der Waals surface area contributed by atoms with E-state index in [-0.39, 0.29) is 45.4 Å². The molecule has 0 aliphatic rings. The van der Waals surface area contributed by atoms with Crippen molar-refractivity contribution in [2.75, 3.05) is 0 Å². The standard InChI is InChI=1S/C6H3Cl3O.C3H2Br2N2O.Na/c7-3-1-2-4(10)6(9)5(3)8;4-3(5,1-6)2(7)8;/h1-2,10H;(H2,7,8);/q;;+1/p-1. The minimum absolute atomic E-state index is 0. The van der Waals surface area contributed by atoms with E-state index >= 15 is 0 Å². The van der Waals surface area contributed by atoms with Crippen molar-refractivity contribution in [1.29, 1.82) is 5.26 Å². The predicted octanol–water partition coefficient (Wildman–Crippen LogP) is 0.206. The second-order valence-electron chi connectivity index (χ2n) is 2.72. The molecule has 0 spiro atoms. The molecule has 98 valence electrons. The maximum atomic E-state index is 10.7. The third-order valence-corrected chi connectivity index (χ3v) is 3.86. The molecule has 0 heterocycles. The zero-order valence-corrected chi connectivity index (χ0v) is 16.8. The van der Waals surface area contributed by atoms with Crippen molar-refractivity contribution >= 4 is 72.6 Å². The van der Waals surface area contributed by atoms with Gasteiger partial charge in [-0.1, -0.05) is 46.6 Å². The first kappa shape index (κ1) is 22.1. The van der Waals surface area contributed by atoms with E-state index in [1.807, 2.05) is 0 Å². The van der Waals surface area contributed by atoms with Gasteiger partial charge in [-0.05, 0) is 37.9 Å². The molecule has 0 saturated heterocycles. The molecule has 4 nitrogen and oxygen atoms in total. The van der Waals surface area contributed by atoms with E-state index in [1.165, 1.54) is 12.1 Å². The molecule has 0 aliphatic carbocycles. The molecule has 0 aliphatic heterocycles. The van der Waals surface area contributed by atoms with Gasteiger partial charge in [0.1, 0.15) is 6.07 Å². The van der Waals surface area contributed by atoms with E-state index < -0.39 is 9.14 Å². The zero-order chi connectivity index (χ0) is 14.5. The molecule has 0 bridgehead atoms. The van der Waals surface area contributed by atoms with E-state index in [4.69, 9.17) is 45.8 Å². The van der Waals surface area contributed by atoms with Gasteiger partial charge < -0.3 is 10.8 Å². The topological polar surface area (TPSA) is 89.9 Å². The molecule has 2 N–H and O–H groups in total. The van der Waals surface area contributed by atoms with Crippen molar-refractivity contribution in [3.8, 4) is 11.8 Å². The van der Waals surface area contributed by atoms with Crippen LogP contribution in [0.3, 0.4) is 0 Å². The minimum atomic E-state index is -1.39. The van der Waals surface area contributed by atoms with Gasteiger partial charge in [-0.3, -0.25) is 4.79 Å². The van der Waals surface area contributed by atoms with E-state index in [9.17, 15) is 9.90 Å². The number of nitriles is 1. The molecule has 0 atom stereocenters. The minimum Gasteiger partial charge on any atom is -0.871 e.